The molecular formula is C27H30N2O5. The highest BCUT2D eigenvalue weighted by molar-refractivity contribution is 5.91. The van der Waals surface area contributed by atoms with Gasteiger partial charge in [-0.2, -0.15) is 0 Å². The van der Waals surface area contributed by atoms with Crippen molar-refractivity contribution in [3.8, 4) is 11.1 Å². The van der Waals surface area contributed by atoms with Crippen LogP contribution in [-0.4, -0.2) is 41.3 Å². The molecule has 7 nitrogen and oxygen atoms in total. The molecule has 3 N–H and O–H groups in total. The van der Waals surface area contributed by atoms with E-state index in [4.69, 9.17) is 4.74 Å². The van der Waals surface area contributed by atoms with Crippen LogP contribution in [0.3, 0.4) is 0 Å². The van der Waals surface area contributed by atoms with Gasteiger partial charge in [0.2, 0.25) is 5.91 Å². The molecule has 0 unspecified atom stereocenters. The molecule has 0 saturated heterocycles. The number of ether oxygens (including phenoxy) is 1. The predicted octanol–water partition coefficient (Wildman–Crippen LogP) is 4.21. The van der Waals surface area contributed by atoms with Gasteiger partial charge in [0.1, 0.15) is 12.1 Å². The number of hydrogen-bond acceptors (Lipinski definition) is 4. The van der Waals surface area contributed by atoms with Crippen LogP contribution in [-0.2, 0) is 14.3 Å². The fraction of sp³-hybridized carbons (Fsp3) is 0.444. The van der Waals surface area contributed by atoms with Crippen LogP contribution >= 0.6 is 0 Å². The minimum Gasteiger partial charge on any atom is -0.480 e. The summed E-state index contributed by atoms with van der Waals surface area (Å²) in [6.45, 7) is 0.214. The van der Waals surface area contributed by atoms with Crippen LogP contribution in [0.5, 0.6) is 0 Å². The van der Waals surface area contributed by atoms with E-state index in [-0.39, 0.29) is 24.5 Å². The Balaban J connectivity index is 1.24. The van der Waals surface area contributed by atoms with Crippen molar-refractivity contribution in [1.29, 1.82) is 0 Å². The average molecular weight is 463 g/mol. The fourth-order valence-electron chi connectivity index (χ4n) is 5.43. The lowest BCUT2D eigenvalue weighted by atomic mass is 9.93. The smallest absolute Gasteiger partial charge is 0.407 e. The second kappa shape index (κ2) is 9.12. The first-order valence-corrected chi connectivity index (χ1v) is 12.2. The average Bonchev–Trinajstić information content (AvgIpc) is 3.59. The minimum atomic E-state index is -1.13. The number of carbonyl (C=O) groups excluding carboxylic acids is 2. The lowest BCUT2D eigenvalue weighted by Gasteiger charge is -2.27. The summed E-state index contributed by atoms with van der Waals surface area (Å²) in [7, 11) is 0. The highest BCUT2D eigenvalue weighted by Crippen LogP contribution is 2.44. The number of fused-ring (bicyclic) bond motifs is 3. The van der Waals surface area contributed by atoms with E-state index in [1.54, 1.807) is 0 Å². The van der Waals surface area contributed by atoms with Gasteiger partial charge in [0.05, 0.1) is 5.92 Å². The maximum absolute atomic E-state index is 13.0. The number of carboxylic acid groups (broad SMARTS) is 1. The molecule has 5 rings (SSSR count). The molecule has 0 radical (unpaired) electrons. The van der Waals surface area contributed by atoms with Crippen LogP contribution in [0.4, 0.5) is 4.79 Å². The number of alkyl carbamates (subject to hydrolysis) is 1. The molecule has 0 aromatic heterocycles. The van der Waals surface area contributed by atoms with Crippen molar-refractivity contribution in [2.75, 3.05) is 6.61 Å². The standard InChI is InChI=1S/C27H30N2O5/c30-24(29-27(14-15-27)25(31)32)21-12-2-1-3-13-23(21)28-26(33)34-16-22-19-10-6-4-8-17(19)18-9-5-7-11-20(18)22/h4-11,21-23H,1-3,12-16H2,(H,28,33)(H,29,30)(H,31,32)/t21-,23+/m0/s1. The molecule has 3 aliphatic carbocycles. The number of carboxylic acids is 1. The summed E-state index contributed by atoms with van der Waals surface area (Å²) in [5, 5.41) is 15.1. The van der Waals surface area contributed by atoms with Crippen molar-refractivity contribution in [3.05, 3.63) is 59.7 Å². The molecule has 34 heavy (non-hydrogen) atoms. The van der Waals surface area contributed by atoms with Crippen molar-refractivity contribution < 1.29 is 24.2 Å². The number of nitrogens with one attached hydrogen (secondary N) is 2. The van der Waals surface area contributed by atoms with E-state index in [0.29, 0.717) is 25.7 Å². The Labute approximate surface area is 198 Å². The van der Waals surface area contributed by atoms with Crippen LogP contribution in [0.2, 0.25) is 0 Å². The maximum Gasteiger partial charge on any atom is 0.407 e. The Morgan fingerprint density at radius 1 is 0.912 bits per heavy atom. The summed E-state index contributed by atoms with van der Waals surface area (Å²) in [5.41, 5.74) is 3.50. The van der Waals surface area contributed by atoms with Gasteiger partial charge in [0, 0.05) is 12.0 Å². The molecule has 0 spiro atoms. The van der Waals surface area contributed by atoms with Crippen molar-refractivity contribution in [1.82, 2.24) is 10.6 Å². The third-order valence-corrected chi connectivity index (χ3v) is 7.52. The summed E-state index contributed by atoms with van der Waals surface area (Å²) in [4.78, 5) is 37.3. The monoisotopic (exact) mass is 462 g/mol. The van der Waals surface area contributed by atoms with Crippen LogP contribution in [0.1, 0.15) is 62.0 Å². The summed E-state index contributed by atoms with van der Waals surface area (Å²) >= 11 is 0. The molecule has 2 aromatic carbocycles. The Kier molecular flexibility index (Phi) is 6.02. The number of benzene rings is 2. The summed E-state index contributed by atoms with van der Waals surface area (Å²) < 4.78 is 5.69. The number of aliphatic carboxylic acids is 1. The van der Waals surface area contributed by atoms with Crippen molar-refractivity contribution >= 4 is 18.0 Å². The van der Waals surface area contributed by atoms with E-state index in [2.05, 4.69) is 34.9 Å². The lowest BCUT2D eigenvalue weighted by Crippen LogP contribution is -2.51. The second-order valence-corrected chi connectivity index (χ2v) is 9.70. The third kappa shape index (κ3) is 4.27. The zero-order valence-electron chi connectivity index (χ0n) is 19.1. The van der Waals surface area contributed by atoms with Gasteiger partial charge in [0.15, 0.2) is 0 Å². The van der Waals surface area contributed by atoms with Gasteiger partial charge in [0.25, 0.3) is 0 Å². The highest BCUT2D eigenvalue weighted by atomic mass is 16.5. The Bertz CT molecular complexity index is 1060. The molecule has 3 aliphatic rings. The highest BCUT2D eigenvalue weighted by Gasteiger charge is 2.52. The molecule has 7 heteroatoms. The lowest BCUT2D eigenvalue weighted by molar-refractivity contribution is -0.144. The first kappa shape index (κ1) is 22.4. The van der Waals surface area contributed by atoms with E-state index >= 15 is 0 Å². The molecule has 2 amide bonds. The van der Waals surface area contributed by atoms with Crippen LogP contribution in [0.25, 0.3) is 11.1 Å². The predicted molar refractivity (Wildman–Crippen MR) is 126 cm³/mol. The van der Waals surface area contributed by atoms with E-state index in [1.165, 1.54) is 11.1 Å². The second-order valence-electron chi connectivity index (χ2n) is 9.70. The van der Waals surface area contributed by atoms with Gasteiger partial charge in [-0.05, 0) is 47.9 Å². The van der Waals surface area contributed by atoms with Gasteiger partial charge in [-0.3, -0.25) is 4.79 Å². The first-order valence-electron chi connectivity index (χ1n) is 12.2. The Morgan fingerprint density at radius 2 is 1.53 bits per heavy atom. The molecule has 2 saturated carbocycles. The van der Waals surface area contributed by atoms with Gasteiger partial charge in [-0.15, -0.1) is 0 Å². The fourth-order valence-corrected chi connectivity index (χ4v) is 5.43. The van der Waals surface area contributed by atoms with Gasteiger partial charge in [-0.25, -0.2) is 9.59 Å². The summed E-state index contributed by atoms with van der Waals surface area (Å²) in [6, 6.07) is 16.0. The summed E-state index contributed by atoms with van der Waals surface area (Å²) in [6.07, 6.45) is 4.42. The molecule has 0 heterocycles. The first-order chi connectivity index (χ1) is 16.5. The van der Waals surface area contributed by atoms with E-state index in [1.807, 2.05) is 24.3 Å². The SMILES string of the molecule is O=C(N[C@@H]1CCCCC[C@@H]1C(=O)NC1(C(=O)O)CC1)OCC1c2ccccc2-c2ccccc21. The van der Waals surface area contributed by atoms with Crippen molar-refractivity contribution in [3.63, 3.8) is 0 Å². The van der Waals surface area contributed by atoms with Gasteiger partial charge in [-0.1, -0.05) is 67.8 Å². The van der Waals surface area contributed by atoms with Crippen molar-refractivity contribution in [2.24, 2.45) is 5.92 Å². The van der Waals surface area contributed by atoms with Crippen molar-refractivity contribution in [2.45, 2.75) is 62.4 Å². The number of rotatable bonds is 6. The van der Waals surface area contributed by atoms with E-state index in [0.717, 1.165) is 30.4 Å². The van der Waals surface area contributed by atoms with Gasteiger partial charge < -0.3 is 20.5 Å². The number of hydrogen-bond donors (Lipinski definition) is 3. The largest absolute Gasteiger partial charge is 0.480 e. The molecule has 0 bridgehead atoms. The minimum absolute atomic E-state index is 0.0309. The molecule has 178 valence electrons. The molecule has 2 atom stereocenters. The molecular weight excluding hydrogens is 432 g/mol. The van der Waals surface area contributed by atoms with Gasteiger partial charge >= 0.3 is 12.1 Å². The van der Waals surface area contributed by atoms with Crippen LogP contribution in [0.15, 0.2) is 48.5 Å². The topological polar surface area (TPSA) is 105 Å². The number of carbonyl (C=O) groups is 3. The van der Waals surface area contributed by atoms with E-state index < -0.39 is 23.5 Å². The zero-order chi connectivity index (χ0) is 23.7. The molecule has 0 aliphatic heterocycles. The number of amides is 2. The van der Waals surface area contributed by atoms with E-state index in [9.17, 15) is 19.5 Å². The quantitative estimate of drug-likeness (QED) is 0.558. The van der Waals surface area contributed by atoms with Crippen LogP contribution in [0, 0.1) is 5.92 Å². The molecule has 2 fully saturated rings. The molecule has 2 aromatic rings. The van der Waals surface area contributed by atoms with Crippen LogP contribution < -0.4 is 10.6 Å². The normalized spacial score (nSPS) is 22.6. The third-order valence-electron chi connectivity index (χ3n) is 7.52. The zero-order valence-corrected chi connectivity index (χ0v) is 19.1. The Morgan fingerprint density at radius 3 is 2.15 bits per heavy atom. The Hall–Kier alpha value is -3.35. The summed E-state index contributed by atoms with van der Waals surface area (Å²) in [5.74, 6) is -1.77. The maximum atomic E-state index is 13.0.